The number of amides is 2. The second-order valence-corrected chi connectivity index (χ2v) is 14.3. The van der Waals surface area contributed by atoms with Crippen molar-refractivity contribution in [2.45, 2.75) is 64.5 Å². The molecule has 50 heavy (non-hydrogen) atoms. The van der Waals surface area contributed by atoms with Gasteiger partial charge in [0.25, 0.3) is 11.5 Å². The Hall–Kier alpha value is -4.03. The normalized spacial score (nSPS) is 21.6. The van der Waals surface area contributed by atoms with Crippen molar-refractivity contribution in [3.05, 3.63) is 74.4 Å². The molecule has 0 saturated carbocycles. The molecule has 3 aliphatic rings. The summed E-state index contributed by atoms with van der Waals surface area (Å²) in [5.41, 5.74) is 4.51. The predicted molar refractivity (Wildman–Crippen MR) is 188 cm³/mol. The molecule has 3 aromatic rings. The summed E-state index contributed by atoms with van der Waals surface area (Å²) in [6.45, 7) is 4.90. The molecule has 0 spiro atoms. The number of anilines is 2. The number of alkyl halides is 2. The second kappa shape index (κ2) is 14.3. The third-order valence-electron chi connectivity index (χ3n) is 10.7. The molecule has 3 aliphatic heterocycles. The van der Waals surface area contributed by atoms with Crippen LogP contribution in [-0.4, -0.2) is 66.5 Å². The summed E-state index contributed by atoms with van der Waals surface area (Å²) >= 11 is 6.78. The van der Waals surface area contributed by atoms with Gasteiger partial charge in [-0.3, -0.25) is 24.6 Å². The van der Waals surface area contributed by atoms with Gasteiger partial charge in [-0.15, -0.1) is 0 Å². The van der Waals surface area contributed by atoms with E-state index in [1.54, 1.807) is 43.3 Å². The fraction of sp³-hybridized carbons (Fsp3) is 0.486. The van der Waals surface area contributed by atoms with Gasteiger partial charge in [-0.05, 0) is 93.5 Å². The minimum absolute atomic E-state index is 0.0717. The molecule has 3 fully saturated rings. The number of hydrogen-bond donors (Lipinski definition) is 2. The topological polar surface area (TPSA) is 95.9 Å². The number of rotatable bonds is 8. The van der Waals surface area contributed by atoms with Crippen molar-refractivity contribution in [2.75, 3.05) is 43.5 Å². The highest BCUT2D eigenvalue weighted by Crippen LogP contribution is 2.44. The van der Waals surface area contributed by atoms with Crippen molar-refractivity contribution in [2.24, 2.45) is 18.9 Å². The summed E-state index contributed by atoms with van der Waals surface area (Å²) in [4.78, 5) is 39.5. The summed E-state index contributed by atoms with van der Waals surface area (Å²) in [6.07, 6.45) is 3.71. The lowest BCUT2D eigenvalue weighted by atomic mass is 9.76. The Kier molecular flexibility index (Phi) is 10.2. The standard InChI is InChI=1S/C37H43ClF3N5O4/c1-21-22(2)36(49)44(3)18-26(21)24-15-29(38)27(33(16-24)50-4)19-45-12-11-28(37(40,41)20-45)23-9-13-46(14-10-23)32-7-5-25(17-30(32)39)42-31-6-8-34(47)43-35(31)48/h5,7,15-18,23,28,31,42H,6,8-14,19-20H2,1-4H3,(H,43,47,48)/t28-,31-/m1/s1. The van der Waals surface area contributed by atoms with E-state index in [0.29, 0.717) is 78.6 Å². The van der Waals surface area contributed by atoms with Gasteiger partial charge in [-0.25, -0.2) is 13.2 Å². The van der Waals surface area contributed by atoms with Gasteiger partial charge in [-0.1, -0.05) is 11.6 Å². The number of halogens is 4. The Morgan fingerprint density at radius 3 is 2.42 bits per heavy atom. The number of hydrogen-bond acceptors (Lipinski definition) is 7. The molecule has 4 heterocycles. The first-order valence-corrected chi connectivity index (χ1v) is 17.4. The molecule has 3 saturated heterocycles. The molecule has 1 aromatic heterocycles. The van der Waals surface area contributed by atoms with E-state index in [9.17, 15) is 14.4 Å². The Morgan fingerprint density at radius 2 is 1.76 bits per heavy atom. The summed E-state index contributed by atoms with van der Waals surface area (Å²) in [5.74, 6) is -4.59. The van der Waals surface area contributed by atoms with Crippen molar-refractivity contribution in [1.82, 2.24) is 14.8 Å². The van der Waals surface area contributed by atoms with Crippen LogP contribution in [0.2, 0.25) is 5.02 Å². The number of methoxy groups -OCH3 is 1. The maximum absolute atomic E-state index is 15.8. The SMILES string of the molecule is COc1cc(-c2cn(C)c(=O)c(C)c2C)cc(Cl)c1CN1CC[C@H](C2CCN(c3ccc(N[C@@H]4CCC(=O)NC4=O)cc3F)CC2)C(F)(F)C1. The number of likely N-dealkylation sites (tertiary alicyclic amines) is 1. The molecular formula is C37H43ClF3N5O4. The Bertz CT molecular complexity index is 1860. The van der Waals surface area contributed by atoms with E-state index in [1.807, 2.05) is 17.9 Å². The molecule has 2 aromatic carbocycles. The van der Waals surface area contributed by atoms with Gasteiger partial charge in [-0.2, -0.15) is 0 Å². The molecule has 0 unspecified atom stereocenters. The van der Waals surface area contributed by atoms with Gasteiger partial charge in [0, 0.05) is 72.6 Å². The number of benzene rings is 2. The average Bonchev–Trinajstić information content (AvgIpc) is 3.07. The second-order valence-electron chi connectivity index (χ2n) is 13.9. The van der Waals surface area contributed by atoms with E-state index in [-0.39, 0.29) is 30.3 Å². The quantitative estimate of drug-likeness (QED) is 0.274. The molecule has 9 nitrogen and oxygen atoms in total. The maximum Gasteiger partial charge on any atom is 0.263 e. The van der Waals surface area contributed by atoms with Crippen LogP contribution in [0.1, 0.15) is 48.8 Å². The first-order valence-electron chi connectivity index (χ1n) is 17.0. The van der Waals surface area contributed by atoms with Gasteiger partial charge >= 0.3 is 0 Å². The average molecular weight is 714 g/mol. The number of nitrogens with one attached hydrogen (secondary N) is 2. The van der Waals surface area contributed by atoms with Gasteiger partial charge in [0.2, 0.25) is 11.8 Å². The van der Waals surface area contributed by atoms with Gasteiger partial charge in [0.05, 0.1) is 19.3 Å². The largest absolute Gasteiger partial charge is 0.496 e. The Morgan fingerprint density at radius 1 is 1.02 bits per heavy atom. The van der Waals surface area contributed by atoms with Gasteiger partial charge < -0.3 is 19.5 Å². The molecule has 13 heteroatoms. The lowest BCUT2D eigenvalue weighted by molar-refractivity contribution is -0.134. The number of piperidine rings is 3. The first kappa shape index (κ1) is 35.8. The van der Waals surface area contributed by atoms with E-state index < -0.39 is 36.2 Å². The fourth-order valence-corrected chi connectivity index (χ4v) is 8.03. The van der Waals surface area contributed by atoms with Crippen LogP contribution in [0.15, 0.2) is 41.3 Å². The van der Waals surface area contributed by atoms with E-state index >= 15 is 13.2 Å². The van der Waals surface area contributed by atoms with Gasteiger partial charge in [0.1, 0.15) is 17.6 Å². The monoisotopic (exact) mass is 713 g/mol. The fourth-order valence-electron chi connectivity index (χ4n) is 7.76. The molecule has 6 rings (SSSR count). The van der Waals surface area contributed by atoms with Crippen LogP contribution in [0.3, 0.4) is 0 Å². The highest BCUT2D eigenvalue weighted by Gasteiger charge is 2.48. The number of pyridine rings is 1. The van der Waals surface area contributed by atoms with E-state index in [2.05, 4.69) is 10.6 Å². The summed E-state index contributed by atoms with van der Waals surface area (Å²) in [5, 5.41) is 5.68. The smallest absolute Gasteiger partial charge is 0.263 e. The number of aryl methyl sites for hydroxylation is 1. The summed E-state index contributed by atoms with van der Waals surface area (Å²) in [7, 11) is 3.23. The molecule has 2 N–H and O–H groups in total. The third kappa shape index (κ3) is 7.23. The zero-order chi connectivity index (χ0) is 35.9. The molecule has 2 atom stereocenters. The number of aromatic nitrogens is 1. The molecule has 0 aliphatic carbocycles. The molecule has 0 radical (unpaired) electrons. The Balaban J connectivity index is 1.07. The molecule has 2 amide bonds. The number of carbonyl (C=O) groups excluding carboxylic acids is 2. The van der Waals surface area contributed by atoms with Crippen LogP contribution >= 0.6 is 11.6 Å². The Labute approximate surface area is 294 Å². The van der Waals surface area contributed by atoms with E-state index in [0.717, 1.165) is 16.7 Å². The van der Waals surface area contributed by atoms with Crippen LogP contribution < -0.4 is 25.8 Å². The van der Waals surface area contributed by atoms with Crippen LogP contribution in [0, 0.1) is 31.5 Å². The third-order valence-corrected chi connectivity index (χ3v) is 11.0. The lowest BCUT2D eigenvalue weighted by Gasteiger charge is -2.45. The van der Waals surface area contributed by atoms with Crippen LogP contribution in [-0.2, 0) is 23.2 Å². The maximum atomic E-state index is 15.8. The van der Waals surface area contributed by atoms with Crippen molar-refractivity contribution in [1.29, 1.82) is 0 Å². The van der Waals surface area contributed by atoms with Crippen molar-refractivity contribution >= 4 is 34.8 Å². The predicted octanol–water partition coefficient (Wildman–Crippen LogP) is 6.06. The van der Waals surface area contributed by atoms with Crippen LogP contribution in [0.25, 0.3) is 11.1 Å². The molecular weight excluding hydrogens is 671 g/mol. The zero-order valence-corrected chi connectivity index (χ0v) is 29.5. The zero-order valence-electron chi connectivity index (χ0n) is 28.8. The van der Waals surface area contributed by atoms with Gasteiger partial charge in [0.15, 0.2) is 0 Å². The highest BCUT2D eigenvalue weighted by molar-refractivity contribution is 6.32. The van der Waals surface area contributed by atoms with Crippen LogP contribution in [0.4, 0.5) is 24.5 Å². The number of ether oxygens (including phenoxy) is 1. The molecule has 0 bridgehead atoms. The molecule has 268 valence electrons. The number of imide groups is 1. The van der Waals surface area contributed by atoms with Crippen LogP contribution in [0.5, 0.6) is 5.75 Å². The van der Waals surface area contributed by atoms with Crippen molar-refractivity contribution < 1.29 is 27.5 Å². The highest BCUT2D eigenvalue weighted by atomic mass is 35.5. The lowest BCUT2D eigenvalue weighted by Crippen LogP contribution is -2.52. The first-order chi connectivity index (χ1) is 23.7. The number of carbonyl (C=O) groups is 2. The summed E-state index contributed by atoms with van der Waals surface area (Å²) in [6, 6.07) is 7.70. The van der Waals surface area contributed by atoms with Crippen molar-refractivity contribution in [3.63, 3.8) is 0 Å². The minimum Gasteiger partial charge on any atom is -0.496 e. The van der Waals surface area contributed by atoms with Crippen molar-refractivity contribution in [3.8, 4) is 16.9 Å². The summed E-state index contributed by atoms with van der Waals surface area (Å²) < 4.78 is 54.1. The van der Waals surface area contributed by atoms with E-state index in [1.165, 1.54) is 17.7 Å². The minimum atomic E-state index is -2.91. The van der Waals surface area contributed by atoms with E-state index in [4.69, 9.17) is 16.3 Å². The number of nitrogens with zero attached hydrogens (tertiary/aromatic N) is 3.